The predicted molar refractivity (Wildman–Crippen MR) is 84.5 cm³/mol. The maximum atomic E-state index is 12.8. The van der Waals surface area contributed by atoms with Crippen LogP contribution in [-0.4, -0.2) is 66.4 Å². The number of aromatic amines is 1. The van der Waals surface area contributed by atoms with E-state index in [0.29, 0.717) is 50.9 Å². The van der Waals surface area contributed by atoms with Crippen LogP contribution in [0.5, 0.6) is 0 Å². The molecule has 0 saturated carbocycles. The average Bonchev–Trinajstić information content (AvgIpc) is 2.55. The predicted octanol–water partition coefficient (Wildman–Crippen LogP) is -0.165. The van der Waals surface area contributed by atoms with Crippen LogP contribution >= 0.6 is 0 Å². The van der Waals surface area contributed by atoms with Gasteiger partial charge in [-0.1, -0.05) is 0 Å². The van der Waals surface area contributed by atoms with Gasteiger partial charge in [0.15, 0.2) is 0 Å². The largest absolute Gasteiger partial charge is 0.379 e. The number of H-pyrrole nitrogens is 1. The minimum atomic E-state index is -3.48. The molecule has 1 aromatic heterocycles. The van der Waals surface area contributed by atoms with E-state index in [1.807, 2.05) is 0 Å². The molecule has 0 aromatic carbocycles. The Labute approximate surface area is 135 Å². The smallest absolute Gasteiger partial charge is 0.282 e. The maximum Gasteiger partial charge on any atom is 0.282 e. The first-order chi connectivity index (χ1) is 11.0. The van der Waals surface area contributed by atoms with Crippen molar-refractivity contribution in [3.05, 3.63) is 27.9 Å². The monoisotopic (exact) mass is 342 g/mol. The van der Waals surface area contributed by atoms with E-state index < -0.39 is 10.2 Å². The van der Waals surface area contributed by atoms with Crippen molar-refractivity contribution in [1.29, 1.82) is 0 Å². The quantitative estimate of drug-likeness (QED) is 0.823. The number of aromatic nitrogens is 2. The lowest BCUT2D eigenvalue weighted by molar-refractivity contribution is 0.0695. The van der Waals surface area contributed by atoms with Crippen LogP contribution in [0.1, 0.15) is 30.3 Å². The zero-order valence-corrected chi connectivity index (χ0v) is 14.0. The van der Waals surface area contributed by atoms with Gasteiger partial charge in [-0.3, -0.25) is 4.79 Å². The fourth-order valence-electron chi connectivity index (χ4n) is 3.11. The van der Waals surface area contributed by atoms with Crippen molar-refractivity contribution in [3.8, 4) is 0 Å². The molecule has 128 valence electrons. The molecular weight excluding hydrogens is 320 g/mol. The Bertz CT molecular complexity index is 712. The Balaban J connectivity index is 1.78. The van der Waals surface area contributed by atoms with Gasteiger partial charge in [0.1, 0.15) is 5.82 Å². The number of hydrogen-bond acceptors (Lipinski definition) is 5. The Morgan fingerprint density at radius 2 is 2.00 bits per heavy atom. The number of morpholine rings is 1. The fraction of sp³-hybridized carbons (Fsp3) is 0.714. The van der Waals surface area contributed by atoms with Crippen molar-refractivity contribution in [3.63, 3.8) is 0 Å². The number of ether oxygens (including phenoxy) is 1. The summed E-state index contributed by atoms with van der Waals surface area (Å²) in [6, 6.07) is 1.44. The highest BCUT2D eigenvalue weighted by molar-refractivity contribution is 7.86. The van der Waals surface area contributed by atoms with Crippen LogP contribution in [-0.2, 0) is 14.9 Å². The Morgan fingerprint density at radius 1 is 1.26 bits per heavy atom. The van der Waals surface area contributed by atoms with Crippen molar-refractivity contribution >= 4 is 10.2 Å². The number of hydrogen-bond donors (Lipinski definition) is 1. The summed E-state index contributed by atoms with van der Waals surface area (Å²) in [5.41, 5.74) is 0.456. The number of rotatable bonds is 3. The third kappa shape index (κ3) is 3.63. The summed E-state index contributed by atoms with van der Waals surface area (Å²) in [6.07, 6.45) is 1.58. The van der Waals surface area contributed by atoms with Gasteiger partial charge in [0.25, 0.3) is 15.8 Å². The van der Waals surface area contributed by atoms with E-state index in [4.69, 9.17) is 4.74 Å². The van der Waals surface area contributed by atoms with Gasteiger partial charge < -0.3 is 9.72 Å². The molecule has 3 rings (SSSR count). The Kier molecular flexibility index (Phi) is 4.81. The Morgan fingerprint density at radius 3 is 2.70 bits per heavy atom. The number of nitrogens with zero attached hydrogens (tertiary/aromatic N) is 3. The second kappa shape index (κ2) is 6.68. The van der Waals surface area contributed by atoms with Crippen LogP contribution in [0.3, 0.4) is 0 Å². The first-order valence-electron chi connectivity index (χ1n) is 7.87. The van der Waals surface area contributed by atoms with Gasteiger partial charge in [-0.25, -0.2) is 4.98 Å². The molecule has 0 radical (unpaired) electrons. The van der Waals surface area contributed by atoms with Gasteiger partial charge in [-0.05, 0) is 19.8 Å². The molecule has 8 nitrogen and oxygen atoms in total. The average molecular weight is 342 g/mol. The summed E-state index contributed by atoms with van der Waals surface area (Å²) in [4.78, 5) is 18.8. The zero-order valence-electron chi connectivity index (χ0n) is 13.2. The number of piperidine rings is 1. The van der Waals surface area contributed by atoms with Crippen LogP contribution in [0.2, 0.25) is 0 Å². The van der Waals surface area contributed by atoms with Gasteiger partial charge >= 0.3 is 0 Å². The summed E-state index contributed by atoms with van der Waals surface area (Å²) in [6.45, 7) is 4.28. The lowest BCUT2D eigenvalue weighted by Crippen LogP contribution is -2.51. The highest BCUT2D eigenvalue weighted by atomic mass is 32.2. The first-order valence-corrected chi connectivity index (χ1v) is 9.27. The van der Waals surface area contributed by atoms with Crippen LogP contribution < -0.4 is 5.56 Å². The minimum Gasteiger partial charge on any atom is -0.379 e. The fourth-order valence-corrected chi connectivity index (χ4v) is 4.78. The minimum absolute atomic E-state index is 0.0767. The molecule has 0 bridgehead atoms. The highest BCUT2D eigenvalue weighted by Gasteiger charge is 2.35. The van der Waals surface area contributed by atoms with E-state index in [-0.39, 0.29) is 11.5 Å². The molecule has 3 heterocycles. The molecule has 23 heavy (non-hydrogen) atoms. The van der Waals surface area contributed by atoms with Gasteiger partial charge in [-0.15, -0.1) is 0 Å². The third-order valence-electron chi connectivity index (χ3n) is 4.28. The molecule has 0 aliphatic carbocycles. The molecule has 0 spiro atoms. The van der Waals surface area contributed by atoms with Gasteiger partial charge in [0.2, 0.25) is 0 Å². The van der Waals surface area contributed by atoms with E-state index in [2.05, 4.69) is 9.97 Å². The second-order valence-corrected chi connectivity index (χ2v) is 7.92. The molecule has 1 N–H and O–H groups in total. The van der Waals surface area contributed by atoms with Crippen molar-refractivity contribution in [1.82, 2.24) is 18.6 Å². The maximum absolute atomic E-state index is 12.8. The lowest BCUT2D eigenvalue weighted by Gasteiger charge is -2.36. The van der Waals surface area contributed by atoms with Crippen LogP contribution in [0, 0.1) is 6.92 Å². The summed E-state index contributed by atoms with van der Waals surface area (Å²) >= 11 is 0. The molecule has 2 fully saturated rings. The molecule has 2 saturated heterocycles. The molecule has 1 atom stereocenters. The van der Waals surface area contributed by atoms with Gasteiger partial charge in [0, 0.05) is 43.9 Å². The van der Waals surface area contributed by atoms with Crippen LogP contribution in [0.25, 0.3) is 0 Å². The van der Waals surface area contributed by atoms with Crippen molar-refractivity contribution < 1.29 is 13.2 Å². The van der Waals surface area contributed by atoms with Crippen LogP contribution in [0.4, 0.5) is 0 Å². The van der Waals surface area contributed by atoms with Crippen molar-refractivity contribution in [2.75, 3.05) is 39.4 Å². The topological polar surface area (TPSA) is 95.6 Å². The van der Waals surface area contributed by atoms with Gasteiger partial charge in [0.05, 0.1) is 13.2 Å². The second-order valence-electron chi connectivity index (χ2n) is 5.99. The first kappa shape index (κ1) is 16.6. The normalized spacial score (nSPS) is 24.7. The summed E-state index contributed by atoms with van der Waals surface area (Å²) in [7, 11) is -3.48. The lowest BCUT2D eigenvalue weighted by atomic mass is 9.99. The molecular formula is C14H22N4O4S. The summed E-state index contributed by atoms with van der Waals surface area (Å²) < 4.78 is 33.7. The Hall–Kier alpha value is -1.29. The molecule has 1 aromatic rings. The van der Waals surface area contributed by atoms with Crippen molar-refractivity contribution in [2.45, 2.75) is 25.7 Å². The SMILES string of the molecule is Cc1cc(=O)[nH]c([C@@H]2CCCN(S(=O)(=O)N3CCOCC3)C2)n1. The van der Waals surface area contributed by atoms with E-state index in [1.54, 1.807) is 6.92 Å². The molecule has 9 heteroatoms. The standard InChI is InChI=1S/C14H22N4O4S/c1-11-9-13(19)16-14(15-11)12-3-2-4-18(10-12)23(20,21)17-5-7-22-8-6-17/h9,12H,2-8,10H2,1H3,(H,15,16,19)/t12-/m1/s1. The van der Waals surface area contributed by atoms with Gasteiger partial charge in [-0.2, -0.15) is 17.0 Å². The van der Waals surface area contributed by atoms with Crippen molar-refractivity contribution in [2.24, 2.45) is 0 Å². The third-order valence-corrected chi connectivity index (χ3v) is 6.28. The number of aryl methyl sites for hydroxylation is 1. The molecule has 2 aliphatic heterocycles. The van der Waals surface area contributed by atoms with E-state index in [0.717, 1.165) is 12.8 Å². The van der Waals surface area contributed by atoms with E-state index >= 15 is 0 Å². The molecule has 2 aliphatic rings. The molecule has 0 amide bonds. The zero-order chi connectivity index (χ0) is 16.4. The number of nitrogens with one attached hydrogen (secondary N) is 1. The highest BCUT2D eigenvalue weighted by Crippen LogP contribution is 2.27. The van der Waals surface area contributed by atoms with E-state index in [1.165, 1.54) is 14.7 Å². The summed E-state index contributed by atoms with van der Waals surface area (Å²) in [5, 5.41) is 0. The molecule has 0 unspecified atom stereocenters. The van der Waals surface area contributed by atoms with E-state index in [9.17, 15) is 13.2 Å². The van der Waals surface area contributed by atoms with Crippen LogP contribution in [0.15, 0.2) is 10.9 Å². The summed E-state index contributed by atoms with van der Waals surface area (Å²) in [5.74, 6) is 0.504.